The van der Waals surface area contributed by atoms with E-state index in [1.54, 1.807) is 41.8 Å². The number of nitrogens with two attached hydrogens (primary N) is 1. The number of halogens is 3. The Labute approximate surface area is 249 Å². The van der Waals surface area contributed by atoms with E-state index in [0.29, 0.717) is 16.2 Å². The van der Waals surface area contributed by atoms with Crippen molar-refractivity contribution in [3.05, 3.63) is 105 Å². The third kappa shape index (κ3) is 5.27. The second kappa shape index (κ2) is 11.6. The summed E-state index contributed by atoms with van der Waals surface area (Å²) in [5.74, 6) is -5.00. The van der Waals surface area contributed by atoms with Crippen molar-refractivity contribution in [3.63, 3.8) is 0 Å². The van der Waals surface area contributed by atoms with E-state index >= 15 is 0 Å². The van der Waals surface area contributed by atoms with Crippen LogP contribution in [0.25, 0.3) is 0 Å². The minimum Gasteiger partial charge on any atom is -0.497 e. The van der Waals surface area contributed by atoms with Crippen molar-refractivity contribution in [3.8, 4) is 5.75 Å². The van der Waals surface area contributed by atoms with Crippen molar-refractivity contribution in [2.24, 2.45) is 11.7 Å². The lowest BCUT2D eigenvalue weighted by molar-refractivity contribution is -0.150. The first-order chi connectivity index (χ1) is 20.5. The summed E-state index contributed by atoms with van der Waals surface area (Å²) in [6.45, 7) is 0. The van der Waals surface area contributed by atoms with Gasteiger partial charge in [-0.1, -0.05) is 24.3 Å². The zero-order valence-electron chi connectivity index (χ0n) is 23.3. The first kappa shape index (κ1) is 29.9. The van der Waals surface area contributed by atoms with Gasteiger partial charge in [0, 0.05) is 27.8 Å². The molecule has 0 radical (unpaired) electrons. The van der Waals surface area contributed by atoms with Crippen LogP contribution in [-0.2, 0) is 30.0 Å². The van der Waals surface area contributed by atoms with Crippen LogP contribution in [0.2, 0.25) is 0 Å². The lowest BCUT2D eigenvalue weighted by Crippen LogP contribution is -2.46. The summed E-state index contributed by atoms with van der Waals surface area (Å²) >= 11 is 1.26. The Balaban J connectivity index is 1.81. The minimum absolute atomic E-state index is 0.0105. The smallest absolute Gasteiger partial charge is 0.416 e. The van der Waals surface area contributed by atoms with Crippen LogP contribution < -0.4 is 15.4 Å². The van der Waals surface area contributed by atoms with Crippen molar-refractivity contribution in [1.82, 2.24) is 0 Å². The number of ether oxygens (including phenoxy) is 3. The average Bonchev–Trinajstić information content (AvgIpc) is 3.54. The van der Waals surface area contributed by atoms with Gasteiger partial charge in [0.25, 0.3) is 0 Å². The number of ketones is 1. The van der Waals surface area contributed by atoms with E-state index in [4.69, 9.17) is 19.9 Å². The first-order valence-electron chi connectivity index (χ1n) is 13.1. The van der Waals surface area contributed by atoms with Crippen molar-refractivity contribution in [1.29, 1.82) is 0 Å². The molecule has 12 heteroatoms. The maximum atomic E-state index is 14.5. The van der Waals surface area contributed by atoms with Gasteiger partial charge in [-0.3, -0.25) is 14.5 Å². The molecule has 0 amide bonds. The van der Waals surface area contributed by atoms with Gasteiger partial charge < -0.3 is 19.9 Å². The topological polar surface area (TPSA) is 108 Å². The van der Waals surface area contributed by atoms with E-state index in [-0.39, 0.29) is 34.8 Å². The molecular weight excluding hydrogens is 585 g/mol. The molecule has 0 spiro atoms. The SMILES string of the molecule is COC(=O)C1=C(N)N(c2cccc(C(F)(F)F)c2)C2=C(C(=O)[C@H](C(=O)OC)[C@@H](c3ccc(OC)cc3)C2)[C@@H]1c1cccs1. The van der Waals surface area contributed by atoms with Gasteiger partial charge in [-0.15, -0.1) is 11.3 Å². The van der Waals surface area contributed by atoms with Gasteiger partial charge in [-0.25, -0.2) is 4.79 Å². The number of thiophene rings is 1. The summed E-state index contributed by atoms with van der Waals surface area (Å²) in [6, 6.07) is 14.7. The molecule has 0 saturated heterocycles. The standard InChI is InChI=1S/C31H27F3N2O6S/c1-40-19-11-9-16(10-12-19)20-15-21-24(27(37)23(20)29(38)41-2)25(22-8-5-13-43-22)26(30(39)42-3)28(35)36(21)18-7-4-6-17(14-18)31(32,33)34/h4-14,20,23,25H,15,35H2,1-3H3/t20-,23-,25+/m1/s1. The molecule has 224 valence electrons. The van der Waals surface area contributed by atoms with E-state index in [0.717, 1.165) is 19.2 Å². The van der Waals surface area contributed by atoms with Gasteiger partial charge >= 0.3 is 18.1 Å². The number of carbonyl (C=O) groups excluding carboxylic acids is 3. The van der Waals surface area contributed by atoms with E-state index in [1.165, 1.54) is 42.6 Å². The Kier molecular flexibility index (Phi) is 8.06. The molecule has 0 bridgehead atoms. The minimum atomic E-state index is -4.67. The van der Waals surface area contributed by atoms with Crippen LogP contribution in [0, 0.1) is 5.92 Å². The normalized spacial score (nSPS) is 20.6. The van der Waals surface area contributed by atoms with Crippen LogP contribution in [-0.4, -0.2) is 39.1 Å². The number of carbonyl (C=O) groups is 3. The molecule has 0 fully saturated rings. The number of esters is 2. The third-order valence-corrected chi connectivity index (χ3v) is 8.64. The van der Waals surface area contributed by atoms with E-state index < -0.39 is 47.2 Å². The highest BCUT2D eigenvalue weighted by molar-refractivity contribution is 7.10. The maximum Gasteiger partial charge on any atom is 0.416 e. The summed E-state index contributed by atoms with van der Waals surface area (Å²) in [4.78, 5) is 42.9. The van der Waals surface area contributed by atoms with Gasteiger partial charge in [0.2, 0.25) is 0 Å². The first-order valence-corrected chi connectivity index (χ1v) is 14.0. The Morgan fingerprint density at radius 1 is 1.00 bits per heavy atom. The Morgan fingerprint density at radius 2 is 1.72 bits per heavy atom. The maximum absolute atomic E-state index is 14.5. The monoisotopic (exact) mass is 612 g/mol. The van der Waals surface area contributed by atoms with Crippen LogP contribution in [0.15, 0.2) is 88.7 Å². The van der Waals surface area contributed by atoms with E-state index in [2.05, 4.69) is 0 Å². The molecule has 2 aromatic carbocycles. The van der Waals surface area contributed by atoms with E-state index in [9.17, 15) is 27.6 Å². The number of Topliss-reactive ketones (excluding diaryl/α,β-unsaturated/α-hetero) is 1. The number of methoxy groups -OCH3 is 3. The van der Waals surface area contributed by atoms with Gasteiger partial charge in [0.1, 0.15) is 17.5 Å². The van der Waals surface area contributed by atoms with Crippen molar-refractivity contribution < 1.29 is 41.8 Å². The quantitative estimate of drug-likeness (QED) is 0.286. The number of alkyl halides is 3. The van der Waals surface area contributed by atoms with Gasteiger partial charge in [0.15, 0.2) is 5.78 Å². The number of benzene rings is 2. The molecule has 2 aliphatic rings. The van der Waals surface area contributed by atoms with Crippen LogP contribution in [0.1, 0.15) is 34.3 Å². The number of hydrogen-bond donors (Lipinski definition) is 1. The van der Waals surface area contributed by atoms with Gasteiger partial charge in [-0.05, 0) is 53.8 Å². The highest BCUT2D eigenvalue weighted by Gasteiger charge is 2.51. The zero-order chi connectivity index (χ0) is 31.1. The molecule has 1 aromatic heterocycles. The summed E-state index contributed by atoms with van der Waals surface area (Å²) in [7, 11) is 3.82. The Hall–Kier alpha value is -4.58. The molecule has 1 aliphatic carbocycles. The summed E-state index contributed by atoms with van der Waals surface area (Å²) in [6.07, 6.45) is -4.66. The summed E-state index contributed by atoms with van der Waals surface area (Å²) in [5, 5.41) is 1.76. The third-order valence-electron chi connectivity index (χ3n) is 7.70. The predicted octanol–water partition coefficient (Wildman–Crippen LogP) is 5.52. The van der Waals surface area contributed by atoms with Crippen LogP contribution >= 0.6 is 11.3 Å². The molecular formula is C31H27F3N2O6S. The summed E-state index contributed by atoms with van der Waals surface area (Å²) in [5.41, 5.74) is 6.52. The molecule has 0 unspecified atom stereocenters. The number of anilines is 1. The molecule has 2 heterocycles. The van der Waals surface area contributed by atoms with Crippen molar-refractivity contribution >= 4 is 34.7 Å². The molecule has 43 heavy (non-hydrogen) atoms. The van der Waals surface area contributed by atoms with Crippen molar-refractivity contribution in [2.75, 3.05) is 26.2 Å². The fraction of sp³-hybridized carbons (Fsp3) is 0.258. The highest BCUT2D eigenvalue weighted by Crippen LogP contribution is 2.52. The highest BCUT2D eigenvalue weighted by atomic mass is 32.1. The summed E-state index contributed by atoms with van der Waals surface area (Å²) < 4.78 is 56.8. The molecule has 2 N–H and O–H groups in total. The molecule has 3 atom stereocenters. The Bertz CT molecular complexity index is 1630. The molecule has 3 aromatic rings. The zero-order valence-corrected chi connectivity index (χ0v) is 24.1. The molecule has 1 aliphatic heterocycles. The number of allylic oxidation sites excluding steroid dienone is 2. The van der Waals surface area contributed by atoms with Crippen LogP contribution in [0.3, 0.4) is 0 Å². The predicted molar refractivity (Wildman–Crippen MR) is 152 cm³/mol. The fourth-order valence-electron chi connectivity index (χ4n) is 5.76. The van der Waals surface area contributed by atoms with Gasteiger partial charge in [-0.2, -0.15) is 13.2 Å². The second-order valence-electron chi connectivity index (χ2n) is 9.93. The van der Waals surface area contributed by atoms with E-state index in [1.807, 2.05) is 0 Å². The Morgan fingerprint density at radius 3 is 2.30 bits per heavy atom. The van der Waals surface area contributed by atoms with Crippen LogP contribution in [0.5, 0.6) is 5.75 Å². The molecule has 8 nitrogen and oxygen atoms in total. The lowest BCUT2D eigenvalue weighted by Gasteiger charge is -2.43. The second-order valence-corrected chi connectivity index (χ2v) is 10.9. The number of hydrogen-bond acceptors (Lipinski definition) is 9. The van der Waals surface area contributed by atoms with Crippen LogP contribution in [0.4, 0.5) is 18.9 Å². The molecule has 0 saturated carbocycles. The fourth-order valence-corrected chi connectivity index (χ4v) is 6.60. The number of nitrogens with zero attached hydrogens (tertiary/aromatic N) is 1. The lowest BCUT2D eigenvalue weighted by atomic mass is 9.68. The largest absolute Gasteiger partial charge is 0.497 e. The number of rotatable bonds is 6. The van der Waals surface area contributed by atoms with Gasteiger partial charge in [0.05, 0.1) is 38.4 Å². The average molecular weight is 613 g/mol. The van der Waals surface area contributed by atoms with Crippen molar-refractivity contribution in [2.45, 2.75) is 24.4 Å². The molecule has 5 rings (SSSR count).